The largest absolute Gasteiger partial charge is 0.465 e. The molecule has 1 aromatic heterocycles. The number of aromatic nitrogens is 2. The molecule has 0 fully saturated rings. The predicted octanol–water partition coefficient (Wildman–Crippen LogP) is 1.90. The number of benzene rings is 2. The van der Waals surface area contributed by atoms with E-state index in [0.717, 1.165) is 0 Å². The summed E-state index contributed by atoms with van der Waals surface area (Å²) >= 11 is 0. The summed E-state index contributed by atoms with van der Waals surface area (Å²) in [5, 5.41) is 2.72. The number of ether oxygens (including phenoxy) is 1. The number of anilines is 1. The molecule has 0 unspecified atom stereocenters. The molecule has 0 saturated carbocycles. The lowest BCUT2D eigenvalue weighted by Crippen LogP contribution is -2.13. The van der Waals surface area contributed by atoms with Crippen LogP contribution in [0, 0.1) is 0 Å². The minimum Gasteiger partial charge on any atom is -0.465 e. The van der Waals surface area contributed by atoms with Gasteiger partial charge >= 0.3 is 11.7 Å². The van der Waals surface area contributed by atoms with E-state index >= 15 is 0 Å². The van der Waals surface area contributed by atoms with Crippen LogP contribution < -0.4 is 11.0 Å². The maximum Gasteiger partial charge on any atom is 0.337 e. The number of hydrogen-bond acceptors (Lipinski definition) is 4. The third kappa shape index (κ3) is 2.84. The fourth-order valence-corrected chi connectivity index (χ4v) is 2.25. The van der Waals surface area contributed by atoms with Crippen LogP contribution in [0.3, 0.4) is 0 Å². The minimum absolute atomic E-state index is 0.345. The zero-order valence-corrected chi connectivity index (χ0v) is 12.2. The smallest absolute Gasteiger partial charge is 0.337 e. The molecule has 116 valence electrons. The van der Waals surface area contributed by atoms with Crippen molar-refractivity contribution >= 4 is 28.6 Å². The van der Waals surface area contributed by atoms with Crippen molar-refractivity contribution < 1.29 is 14.3 Å². The van der Waals surface area contributed by atoms with Crippen molar-refractivity contribution in [1.82, 2.24) is 9.97 Å². The Morgan fingerprint density at radius 2 is 1.78 bits per heavy atom. The highest BCUT2D eigenvalue weighted by Gasteiger charge is 2.13. The van der Waals surface area contributed by atoms with Crippen molar-refractivity contribution in [2.75, 3.05) is 12.4 Å². The number of fused-ring (bicyclic) bond motifs is 1. The highest BCUT2D eigenvalue weighted by atomic mass is 16.5. The molecule has 3 aromatic rings. The molecular weight excluding hydrogens is 298 g/mol. The van der Waals surface area contributed by atoms with Crippen molar-refractivity contribution in [1.29, 1.82) is 0 Å². The third-order valence-electron chi connectivity index (χ3n) is 3.36. The Hall–Kier alpha value is -3.35. The summed E-state index contributed by atoms with van der Waals surface area (Å²) in [7, 11) is 1.30. The number of rotatable bonds is 3. The number of methoxy groups -OCH3 is 1. The van der Waals surface area contributed by atoms with E-state index in [1.54, 1.807) is 42.5 Å². The maximum absolute atomic E-state index is 12.4. The molecule has 0 atom stereocenters. The first-order valence-electron chi connectivity index (χ1n) is 6.79. The standard InChI is InChI=1S/C16H13N3O4/c1-23-15(21)9-5-7-10(8-6-9)17-14(20)11-3-2-4-12-13(11)19-16(22)18-12/h2-8H,1H3,(H,17,20)(H2,18,19,22). The second-order valence-electron chi connectivity index (χ2n) is 4.83. The minimum atomic E-state index is -0.447. The van der Waals surface area contributed by atoms with Gasteiger partial charge in [-0.1, -0.05) is 6.07 Å². The van der Waals surface area contributed by atoms with E-state index in [0.29, 0.717) is 27.8 Å². The lowest BCUT2D eigenvalue weighted by Gasteiger charge is -2.07. The normalized spacial score (nSPS) is 10.5. The van der Waals surface area contributed by atoms with Gasteiger partial charge in [0.25, 0.3) is 5.91 Å². The summed E-state index contributed by atoms with van der Waals surface area (Å²) in [6.07, 6.45) is 0. The molecule has 0 aliphatic heterocycles. The van der Waals surface area contributed by atoms with E-state index in [-0.39, 0.29) is 11.6 Å². The van der Waals surface area contributed by atoms with Crippen LogP contribution in [0.1, 0.15) is 20.7 Å². The molecule has 0 aliphatic rings. The lowest BCUT2D eigenvalue weighted by atomic mass is 10.1. The van der Waals surface area contributed by atoms with Gasteiger partial charge in [-0.05, 0) is 36.4 Å². The van der Waals surface area contributed by atoms with E-state index in [4.69, 9.17) is 0 Å². The maximum atomic E-state index is 12.4. The van der Waals surface area contributed by atoms with Gasteiger partial charge in [-0.25, -0.2) is 9.59 Å². The second-order valence-corrected chi connectivity index (χ2v) is 4.83. The van der Waals surface area contributed by atoms with Gasteiger partial charge < -0.3 is 20.0 Å². The first-order chi connectivity index (χ1) is 11.1. The fourth-order valence-electron chi connectivity index (χ4n) is 2.25. The second kappa shape index (κ2) is 5.80. The van der Waals surface area contributed by atoms with Crippen molar-refractivity contribution in [2.45, 2.75) is 0 Å². The Balaban J connectivity index is 1.86. The van der Waals surface area contributed by atoms with E-state index in [9.17, 15) is 14.4 Å². The third-order valence-corrected chi connectivity index (χ3v) is 3.36. The number of hydrogen-bond donors (Lipinski definition) is 3. The Kier molecular flexibility index (Phi) is 3.68. The number of amides is 1. The number of imidazole rings is 1. The molecule has 3 N–H and O–H groups in total. The Morgan fingerprint density at radius 3 is 2.48 bits per heavy atom. The number of carbonyl (C=O) groups excluding carboxylic acids is 2. The molecule has 1 heterocycles. The number of nitrogens with one attached hydrogen (secondary N) is 3. The average molecular weight is 311 g/mol. The van der Waals surface area contributed by atoms with Crippen LogP contribution in [-0.4, -0.2) is 29.0 Å². The summed E-state index contributed by atoms with van der Waals surface area (Å²) in [6, 6.07) is 11.3. The van der Waals surface area contributed by atoms with E-state index in [1.165, 1.54) is 7.11 Å². The zero-order valence-electron chi connectivity index (χ0n) is 12.2. The number of esters is 1. The highest BCUT2D eigenvalue weighted by molar-refractivity contribution is 6.11. The van der Waals surface area contributed by atoms with Crippen LogP contribution in [0.5, 0.6) is 0 Å². The summed E-state index contributed by atoms with van der Waals surface area (Å²) in [6.45, 7) is 0. The summed E-state index contributed by atoms with van der Waals surface area (Å²) < 4.78 is 4.61. The van der Waals surface area contributed by atoms with E-state index in [2.05, 4.69) is 20.0 Å². The SMILES string of the molecule is COC(=O)c1ccc(NC(=O)c2cccc3[nH]c(=O)[nH]c23)cc1. The number of para-hydroxylation sites is 1. The van der Waals surface area contributed by atoms with Gasteiger partial charge in [0.15, 0.2) is 0 Å². The lowest BCUT2D eigenvalue weighted by molar-refractivity contribution is 0.0600. The van der Waals surface area contributed by atoms with E-state index in [1.807, 2.05) is 0 Å². The topological polar surface area (TPSA) is 104 Å². The molecule has 0 saturated heterocycles. The van der Waals surface area contributed by atoms with Gasteiger partial charge in [-0.15, -0.1) is 0 Å². The molecule has 1 amide bonds. The fraction of sp³-hybridized carbons (Fsp3) is 0.0625. The Bertz CT molecular complexity index is 938. The molecule has 23 heavy (non-hydrogen) atoms. The molecule has 0 radical (unpaired) electrons. The van der Waals surface area contributed by atoms with Crippen LogP contribution in [0.4, 0.5) is 5.69 Å². The van der Waals surface area contributed by atoms with Gasteiger partial charge in [-0.2, -0.15) is 0 Å². The quantitative estimate of drug-likeness (QED) is 0.642. The molecule has 0 aliphatic carbocycles. The number of aromatic amines is 2. The van der Waals surface area contributed by atoms with Crippen LogP contribution in [0.25, 0.3) is 11.0 Å². The summed E-state index contributed by atoms with van der Waals surface area (Å²) in [5.74, 6) is -0.811. The Morgan fingerprint density at radius 1 is 1.04 bits per heavy atom. The summed E-state index contributed by atoms with van der Waals surface area (Å²) in [5.41, 5.74) is 1.89. The average Bonchev–Trinajstić information content (AvgIpc) is 2.94. The van der Waals surface area contributed by atoms with Crippen LogP contribution in [0.15, 0.2) is 47.3 Å². The molecular formula is C16H13N3O4. The molecule has 0 spiro atoms. The number of carbonyl (C=O) groups is 2. The van der Waals surface area contributed by atoms with Crippen LogP contribution in [-0.2, 0) is 4.74 Å². The van der Waals surface area contributed by atoms with Gasteiger partial charge in [-0.3, -0.25) is 4.79 Å². The van der Waals surface area contributed by atoms with E-state index < -0.39 is 5.97 Å². The van der Waals surface area contributed by atoms with Crippen molar-refractivity contribution in [3.63, 3.8) is 0 Å². The monoisotopic (exact) mass is 311 g/mol. The predicted molar refractivity (Wildman–Crippen MR) is 84.7 cm³/mol. The molecule has 2 aromatic carbocycles. The highest BCUT2D eigenvalue weighted by Crippen LogP contribution is 2.16. The van der Waals surface area contributed by atoms with Gasteiger partial charge in [0.2, 0.25) is 0 Å². The molecule has 7 nitrogen and oxygen atoms in total. The van der Waals surface area contributed by atoms with Crippen LogP contribution >= 0.6 is 0 Å². The molecule has 7 heteroatoms. The molecule has 0 bridgehead atoms. The van der Waals surface area contributed by atoms with Crippen LogP contribution in [0.2, 0.25) is 0 Å². The zero-order chi connectivity index (χ0) is 16.4. The number of H-pyrrole nitrogens is 2. The Labute approximate surface area is 130 Å². The van der Waals surface area contributed by atoms with Gasteiger partial charge in [0.05, 0.1) is 29.3 Å². The first kappa shape index (κ1) is 14.6. The van der Waals surface area contributed by atoms with Crippen molar-refractivity contribution in [3.05, 3.63) is 64.1 Å². The van der Waals surface area contributed by atoms with Crippen molar-refractivity contribution in [3.8, 4) is 0 Å². The van der Waals surface area contributed by atoms with Crippen molar-refractivity contribution in [2.24, 2.45) is 0 Å². The van der Waals surface area contributed by atoms with Gasteiger partial charge in [0.1, 0.15) is 0 Å². The first-order valence-corrected chi connectivity index (χ1v) is 6.79. The summed E-state index contributed by atoms with van der Waals surface area (Å²) in [4.78, 5) is 40.3. The molecule has 3 rings (SSSR count). The van der Waals surface area contributed by atoms with Gasteiger partial charge in [0, 0.05) is 5.69 Å².